The molecule has 0 amide bonds. The minimum atomic E-state index is -0.504. The minimum absolute atomic E-state index is 0.0495. The van der Waals surface area contributed by atoms with Gasteiger partial charge in [0.1, 0.15) is 11.5 Å². The average molecular weight is 761 g/mol. The van der Waals surface area contributed by atoms with Crippen molar-refractivity contribution in [2.24, 2.45) is 0 Å². The number of allylic oxidation sites excluding steroid dienone is 3. The number of fused-ring (bicyclic) bond motifs is 12. The van der Waals surface area contributed by atoms with Crippen LogP contribution in [-0.4, -0.2) is 14.7 Å². The van der Waals surface area contributed by atoms with Gasteiger partial charge < -0.3 is 4.74 Å². The molecule has 7 aromatic carbocycles. The molecule has 0 N–H and O–H groups in total. The molecule has 1 aromatic heterocycles. The molecule has 0 bridgehead atoms. The topological polar surface area (TPSA) is 35.0 Å². The second kappa shape index (κ2) is 12.6. The lowest BCUT2D eigenvalue weighted by molar-refractivity contribution is 0.438. The number of thioether (sulfide) groups is 1. The van der Waals surface area contributed by atoms with E-state index in [1.54, 1.807) is 0 Å². The van der Waals surface area contributed by atoms with Gasteiger partial charge in [-0.1, -0.05) is 170 Å². The number of para-hydroxylation sites is 2. The third-order valence-electron chi connectivity index (χ3n) is 12.5. The van der Waals surface area contributed by atoms with E-state index in [0.717, 1.165) is 57.1 Å². The highest BCUT2D eigenvalue weighted by Gasteiger charge is 2.51. The molecule has 2 aliphatic carbocycles. The van der Waals surface area contributed by atoms with E-state index in [-0.39, 0.29) is 4.75 Å². The highest BCUT2D eigenvalue weighted by Crippen LogP contribution is 2.63. The minimum Gasteiger partial charge on any atom is -0.456 e. The van der Waals surface area contributed by atoms with E-state index in [2.05, 4.69) is 189 Å². The number of benzene rings is 7. The Balaban J connectivity index is 0.972. The summed E-state index contributed by atoms with van der Waals surface area (Å²) in [6.07, 6.45) is 5.47. The van der Waals surface area contributed by atoms with Crippen molar-refractivity contribution >= 4 is 22.9 Å². The molecule has 0 fully saturated rings. The van der Waals surface area contributed by atoms with Crippen molar-refractivity contribution in [3.8, 4) is 56.4 Å². The van der Waals surface area contributed by atoms with Crippen LogP contribution in [0.2, 0.25) is 0 Å². The molecule has 1 atom stereocenters. The van der Waals surface area contributed by atoms with Crippen LogP contribution in [0.15, 0.2) is 193 Å². The highest BCUT2D eigenvalue weighted by molar-refractivity contribution is 8.01. The Morgan fingerprint density at radius 2 is 1.10 bits per heavy atom. The number of ether oxygens (including phenoxy) is 1. The Bertz CT molecular complexity index is 3010. The Morgan fingerprint density at radius 1 is 0.500 bits per heavy atom. The van der Waals surface area contributed by atoms with Crippen LogP contribution in [-0.2, 0) is 5.41 Å². The summed E-state index contributed by atoms with van der Waals surface area (Å²) in [4.78, 5) is 11.8. The maximum Gasteiger partial charge on any atom is 0.160 e. The van der Waals surface area contributed by atoms with Crippen LogP contribution < -0.4 is 4.74 Å². The van der Waals surface area contributed by atoms with Crippen molar-refractivity contribution in [2.75, 3.05) is 0 Å². The third-order valence-corrected chi connectivity index (χ3v) is 13.9. The second-order valence-electron chi connectivity index (χ2n) is 15.8. The summed E-state index contributed by atoms with van der Waals surface area (Å²) in [5.41, 5.74) is 17.0. The highest BCUT2D eigenvalue weighted by atomic mass is 32.2. The zero-order chi connectivity index (χ0) is 38.4. The van der Waals surface area contributed by atoms with Gasteiger partial charge >= 0.3 is 0 Å². The van der Waals surface area contributed by atoms with Gasteiger partial charge in [0, 0.05) is 37.5 Å². The molecule has 12 rings (SSSR count). The van der Waals surface area contributed by atoms with Gasteiger partial charge in [0.25, 0.3) is 0 Å². The van der Waals surface area contributed by atoms with Crippen molar-refractivity contribution in [1.82, 2.24) is 9.97 Å². The van der Waals surface area contributed by atoms with Crippen LogP contribution in [0.25, 0.3) is 56.0 Å². The van der Waals surface area contributed by atoms with Crippen LogP contribution >= 0.6 is 11.8 Å². The summed E-state index contributed by atoms with van der Waals surface area (Å²) >= 11 is 1.96. The van der Waals surface area contributed by atoms with Crippen LogP contribution in [0.1, 0.15) is 46.9 Å². The predicted molar refractivity (Wildman–Crippen MR) is 237 cm³/mol. The van der Waals surface area contributed by atoms with E-state index >= 15 is 0 Å². The predicted octanol–water partition coefficient (Wildman–Crippen LogP) is 13.7. The third kappa shape index (κ3) is 4.82. The molecular weight excluding hydrogens is 725 g/mol. The molecule has 3 heterocycles. The SMILES string of the molecule is CC12CC(c3cc(-c4ccccc4)nc(-c4ccc(-c5cccc6c5Oc5ccccc5C65c6ccccc6-c6ccccc65)cc4)n3)=CC=C1c1ccccc1S2. The van der Waals surface area contributed by atoms with Crippen molar-refractivity contribution in [1.29, 1.82) is 0 Å². The molecule has 58 heavy (non-hydrogen) atoms. The Labute approximate surface area is 342 Å². The molecule has 8 aromatic rings. The maximum atomic E-state index is 6.96. The van der Waals surface area contributed by atoms with Crippen LogP contribution in [0, 0.1) is 0 Å². The molecule has 274 valence electrons. The number of nitrogens with zero attached hydrogens (tertiary/aromatic N) is 2. The number of rotatable bonds is 4. The Morgan fingerprint density at radius 3 is 1.88 bits per heavy atom. The fourth-order valence-corrected chi connectivity index (χ4v) is 11.4. The fourth-order valence-electron chi connectivity index (χ4n) is 9.94. The lowest BCUT2D eigenvalue weighted by atomic mass is 9.65. The quantitative estimate of drug-likeness (QED) is 0.179. The van der Waals surface area contributed by atoms with Gasteiger partial charge in [0.2, 0.25) is 0 Å². The van der Waals surface area contributed by atoms with E-state index in [4.69, 9.17) is 14.7 Å². The number of aromatic nitrogens is 2. The second-order valence-corrected chi connectivity index (χ2v) is 17.4. The van der Waals surface area contributed by atoms with Gasteiger partial charge in [0.15, 0.2) is 5.82 Å². The van der Waals surface area contributed by atoms with Crippen molar-refractivity contribution in [3.05, 3.63) is 222 Å². The van der Waals surface area contributed by atoms with E-state index in [0.29, 0.717) is 5.82 Å². The standard InChI is InChI=1S/C54H36N2OS/c1-53-33-37(30-31-42(53)41-18-7-12-25-50(41)58-53)48-32-47(35-14-3-2-4-15-35)55-52(56-48)36-28-26-34(27-29-36)38-19-13-23-46-51(38)57-49-24-11-10-22-45(49)54(46)43-20-8-5-16-39(43)40-17-6-9-21-44(40)54/h2-32H,33H2,1H3. The zero-order valence-electron chi connectivity index (χ0n) is 31.8. The van der Waals surface area contributed by atoms with E-state index < -0.39 is 5.41 Å². The molecule has 4 aliphatic rings. The lowest BCUT2D eigenvalue weighted by Crippen LogP contribution is -2.32. The summed E-state index contributed by atoms with van der Waals surface area (Å²) in [5.74, 6) is 2.49. The summed E-state index contributed by atoms with van der Waals surface area (Å²) in [6, 6.07) is 63.0. The normalized spacial score (nSPS) is 17.5. The van der Waals surface area contributed by atoms with Crippen LogP contribution in [0.5, 0.6) is 11.5 Å². The fraction of sp³-hybridized carbons (Fsp3) is 0.0741. The van der Waals surface area contributed by atoms with Gasteiger partial charge in [-0.3, -0.25) is 0 Å². The van der Waals surface area contributed by atoms with Gasteiger partial charge in [0.05, 0.1) is 16.8 Å². The first-order valence-electron chi connectivity index (χ1n) is 19.9. The molecule has 0 saturated carbocycles. The molecule has 2 aliphatic heterocycles. The smallest absolute Gasteiger partial charge is 0.160 e. The molecule has 1 spiro atoms. The first-order valence-corrected chi connectivity index (χ1v) is 20.8. The van der Waals surface area contributed by atoms with Crippen molar-refractivity contribution in [3.63, 3.8) is 0 Å². The van der Waals surface area contributed by atoms with Gasteiger partial charge in [-0.15, -0.1) is 11.8 Å². The number of hydrogen-bond donors (Lipinski definition) is 0. The molecule has 1 unspecified atom stereocenters. The molecule has 0 radical (unpaired) electrons. The summed E-state index contributed by atoms with van der Waals surface area (Å²) in [7, 11) is 0. The summed E-state index contributed by atoms with van der Waals surface area (Å²) in [6.45, 7) is 2.37. The molecule has 4 heteroatoms. The molecular formula is C54H36N2OS. The maximum absolute atomic E-state index is 6.96. The Hall–Kier alpha value is -6.75. The largest absolute Gasteiger partial charge is 0.456 e. The Kier molecular flexibility index (Phi) is 7.27. The monoisotopic (exact) mass is 760 g/mol. The average Bonchev–Trinajstić information content (AvgIpc) is 3.75. The first-order chi connectivity index (χ1) is 28.6. The van der Waals surface area contributed by atoms with Crippen molar-refractivity contribution in [2.45, 2.75) is 28.4 Å². The summed E-state index contributed by atoms with van der Waals surface area (Å²) < 4.78 is 6.91. The van der Waals surface area contributed by atoms with E-state index in [1.807, 2.05) is 17.8 Å². The lowest BCUT2D eigenvalue weighted by Gasteiger charge is -2.40. The van der Waals surface area contributed by atoms with E-state index in [9.17, 15) is 0 Å². The van der Waals surface area contributed by atoms with Crippen LogP contribution in [0.3, 0.4) is 0 Å². The van der Waals surface area contributed by atoms with Gasteiger partial charge in [-0.05, 0) is 76.1 Å². The zero-order valence-corrected chi connectivity index (χ0v) is 32.6. The summed E-state index contributed by atoms with van der Waals surface area (Å²) in [5, 5.41) is 0. The van der Waals surface area contributed by atoms with Gasteiger partial charge in [-0.25, -0.2) is 9.97 Å². The molecule has 3 nitrogen and oxygen atoms in total. The van der Waals surface area contributed by atoms with Crippen LogP contribution in [0.4, 0.5) is 0 Å². The van der Waals surface area contributed by atoms with E-state index in [1.165, 1.54) is 49.4 Å². The van der Waals surface area contributed by atoms with Gasteiger partial charge in [-0.2, -0.15) is 0 Å². The first kappa shape index (κ1) is 33.4. The van der Waals surface area contributed by atoms with Crippen molar-refractivity contribution < 1.29 is 4.74 Å². The number of hydrogen-bond acceptors (Lipinski definition) is 4. The molecule has 0 saturated heterocycles.